The number of carbonyl (C=O) groups is 2. The Morgan fingerprint density at radius 2 is 2.06 bits per heavy atom. The lowest BCUT2D eigenvalue weighted by Crippen LogP contribution is -2.45. The fraction of sp³-hybridized carbons (Fsp3) is 0.846. The van der Waals surface area contributed by atoms with Crippen molar-refractivity contribution >= 4 is 11.8 Å². The second-order valence-electron chi connectivity index (χ2n) is 4.81. The Morgan fingerprint density at radius 1 is 1.28 bits per heavy atom. The van der Waals surface area contributed by atoms with Gasteiger partial charge >= 0.3 is 0 Å². The predicted octanol–water partition coefficient (Wildman–Crippen LogP) is 0.551. The molecule has 0 saturated carbocycles. The topological polar surface area (TPSA) is 70.2 Å². The molecule has 1 saturated heterocycles. The largest absolute Gasteiger partial charge is 0.356 e. The van der Waals surface area contributed by atoms with Crippen LogP contribution in [-0.4, -0.2) is 37.5 Å². The van der Waals surface area contributed by atoms with E-state index in [-0.39, 0.29) is 17.9 Å². The summed E-state index contributed by atoms with van der Waals surface area (Å²) in [7, 11) is 0. The zero-order valence-electron chi connectivity index (χ0n) is 11.3. The number of rotatable bonds is 7. The van der Waals surface area contributed by atoms with Crippen LogP contribution in [0.4, 0.5) is 0 Å². The fourth-order valence-corrected chi connectivity index (χ4v) is 2.04. The molecule has 0 bridgehead atoms. The highest BCUT2D eigenvalue weighted by Gasteiger charge is 2.15. The van der Waals surface area contributed by atoms with Gasteiger partial charge < -0.3 is 16.0 Å². The first kappa shape index (κ1) is 15.0. The Hall–Kier alpha value is -1.10. The van der Waals surface area contributed by atoms with E-state index >= 15 is 0 Å². The summed E-state index contributed by atoms with van der Waals surface area (Å²) in [6.45, 7) is 4.65. The van der Waals surface area contributed by atoms with Gasteiger partial charge in [-0.3, -0.25) is 9.59 Å². The molecular formula is C13H25N3O2. The summed E-state index contributed by atoms with van der Waals surface area (Å²) in [5.41, 5.74) is 0. The van der Waals surface area contributed by atoms with Crippen molar-refractivity contribution in [1.29, 1.82) is 0 Å². The van der Waals surface area contributed by atoms with E-state index in [1.807, 2.05) is 6.92 Å². The predicted molar refractivity (Wildman–Crippen MR) is 71.2 cm³/mol. The van der Waals surface area contributed by atoms with E-state index in [1.165, 1.54) is 0 Å². The lowest BCUT2D eigenvalue weighted by molar-refractivity contribution is -0.122. The highest BCUT2D eigenvalue weighted by Crippen LogP contribution is 2.02. The minimum Gasteiger partial charge on any atom is -0.356 e. The van der Waals surface area contributed by atoms with Gasteiger partial charge in [-0.15, -0.1) is 0 Å². The molecule has 0 aromatic heterocycles. The number of carbonyl (C=O) groups excluding carboxylic acids is 2. The van der Waals surface area contributed by atoms with Gasteiger partial charge in [0, 0.05) is 32.0 Å². The number of nitrogens with one attached hydrogen (secondary N) is 3. The van der Waals surface area contributed by atoms with Crippen molar-refractivity contribution in [3.05, 3.63) is 0 Å². The summed E-state index contributed by atoms with van der Waals surface area (Å²) in [5.74, 6) is 0.107. The third-order valence-electron chi connectivity index (χ3n) is 3.04. The number of hydrogen-bond acceptors (Lipinski definition) is 3. The summed E-state index contributed by atoms with van der Waals surface area (Å²) in [6, 6.07) is 0.264. The standard InChI is InChI=1S/C13H25N3O2/c1-2-8-15-12(17)6-3-7-13(18)16-11-5-4-9-14-10-11/h11,14H,2-10H2,1H3,(H,15,17)(H,16,18). The average Bonchev–Trinajstić information content (AvgIpc) is 2.37. The van der Waals surface area contributed by atoms with Gasteiger partial charge in [0.2, 0.25) is 11.8 Å². The normalized spacial score (nSPS) is 19.3. The van der Waals surface area contributed by atoms with E-state index in [0.717, 1.165) is 38.9 Å². The highest BCUT2D eigenvalue weighted by molar-refractivity contribution is 5.79. The summed E-state index contributed by atoms with van der Waals surface area (Å²) >= 11 is 0. The lowest BCUT2D eigenvalue weighted by Gasteiger charge is -2.23. The summed E-state index contributed by atoms with van der Waals surface area (Å²) in [5, 5.41) is 9.07. The van der Waals surface area contributed by atoms with Crippen LogP contribution in [0.1, 0.15) is 45.4 Å². The molecular weight excluding hydrogens is 230 g/mol. The quantitative estimate of drug-likeness (QED) is 0.622. The molecule has 1 rings (SSSR count). The van der Waals surface area contributed by atoms with Gasteiger partial charge in [-0.05, 0) is 32.2 Å². The van der Waals surface area contributed by atoms with Crippen molar-refractivity contribution in [3.63, 3.8) is 0 Å². The van der Waals surface area contributed by atoms with Crippen LogP contribution in [0, 0.1) is 0 Å². The van der Waals surface area contributed by atoms with Gasteiger partial charge in [-0.2, -0.15) is 0 Å². The maximum absolute atomic E-state index is 11.6. The minimum atomic E-state index is 0.0454. The summed E-state index contributed by atoms with van der Waals surface area (Å²) < 4.78 is 0. The van der Waals surface area contributed by atoms with E-state index < -0.39 is 0 Å². The molecule has 104 valence electrons. The third-order valence-corrected chi connectivity index (χ3v) is 3.04. The van der Waals surface area contributed by atoms with Crippen LogP contribution in [0.5, 0.6) is 0 Å². The van der Waals surface area contributed by atoms with Crippen LogP contribution >= 0.6 is 0 Å². The molecule has 1 unspecified atom stereocenters. The molecule has 0 aliphatic carbocycles. The molecule has 5 nitrogen and oxygen atoms in total. The van der Waals surface area contributed by atoms with Gasteiger partial charge in [0.05, 0.1) is 0 Å². The molecule has 5 heteroatoms. The number of piperidine rings is 1. The Labute approximate surface area is 109 Å². The van der Waals surface area contributed by atoms with Crippen molar-refractivity contribution in [3.8, 4) is 0 Å². The zero-order valence-corrected chi connectivity index (χ0v) is 11.3. The van der Waals surface area contributed by atoms with Crippen LogP contribution in [0.2, 0.25) is 0 Å². The van der Waals surface area contributed by atoms with E-state index in [0.29, 0.717) is 19.3 Å². The second-order valence-corrected chi connectivity index (χ2v) is 4.81. The number of amides is 2. The second kappa shape index (κ2) is 8.91. The summed E-state index contributed by atoms with van der Waals surface area (Å²) in [6.07, 6.45) is 4.62. The highest BCUT2D eigenvalue weighted by atomic mass is 16.2. The molecule has 2 amide bonds. The van der Waals surface area contributed by atoms with Gasteiger partial charge in [0.15, 0.2) is 0 Å². The van der Waals surface area contributed by atoms with Crippen LogP contribution < -0.4 is 16.0 Å². The molecule has 1 fully saturated rings. The van der Waals surface area contributed by atoms with E-state index in [4.69, 9.17) is 0 Å². The smallest absolute Gasteiger partial charge is 0.220 e. The fourth-order valence-electron chi connectivity index (χ4n) is 2.04. The molecule has 1 aliphatic heterocycles. The van der Waals surface area contributed by atoms with Gasteiger partial charge in [0.25, 0.3) is 0 Å². The van der Waals surface area contributed by atoms with E-state index in [1.54, 1.807) is 0 Å². The Bertz CT molecular complexity index is 263. The Kier molecular flexibility index (Phi) is 7.41. The first-order valence-electron chi connectivity index (χ1n) is 6.99. The van der Waals surface area contributed by atoms with Crippen molar-refractivity contribution in [2.75, 3.05) is 19.6 Å². The minimum absolute atomic E-state index is 0.0454. The first-order chi connectivity index (χ1) is 8.72. The summed E-state index contributed by atoms with van der Waals surface area (Å²) in [4.78, 5) is 23.0. The third kappa shape index (κ3) is 6.59. The molecule has 0 radical (unpaired) electrons. The zero-order chi connectivity index (χ0) is 13.2. The molecule has 1 atom stereocenters. The molecule has 3 N–H and O–H groups in total. The van der Waals surface area contributed by atoms with E-state index in [2.05, 4.69) is 16.0 Å². The van der Waals surface area contributed by atoms with Crippen LogP contribution in [0.3, 0.4) is 0 Å². The Morgan fingerprint density at radius 3 is 2.72 bits per heavy atom. The molecule has 1 heterocycles. The first-order valence-corrected chi connectivity index (χ1v) is 6.99. The van der Waals surface area contributed by atoms with Crippen molar-refractivity contribution in [1.82, 2.24) is 16.0 Å². The maximum Gasteiger partial charge on any atom is 0.220 e. The average molecular weight is 255 g/mol. The molecule has 1 aliphatic rings. The maximum atomic E-state index is 11.6. The van der Waals surface area contributed by atoms with Gasteiger partial charge in [-0.25, -0.2) is 0 Å². The van der Waals surface area contributed by atoms with Crippen LogP contribution in [0.15, 0.2) is 0 Å². The van der Waals surface area contributed by atoms with Crippen LogP contribution in [-0.2, 0) is 9.59 Å². The molecule has 0 spiro atoms. The molecule has 18 heavy (non-hydrogen) atoms. The van der Waals surface area contributed by atoms with Crippen molar-refractivity contribution in [2.24, 2.45) is 0 Å². The number of hydrogen-bond donors (Lipinski definition) is 3. The van der Waals surface area contributed by atoms with Crippen molar-refractivity contribution < 1.29 is 9.59 Å². The van der Waals surface area contributed by atoms with Crippen molar-refractivity contribution in [2.45, 2.75) is 51.5 Å². The lowest BCUT2D eigenvalue weighted by atomic mass is 10.1. The monoisotopic (exact) mass is 255 g/mol. The van der Waals surface area contributed by atoms with Crippen LogP contribution in [0.25, 0.3) is 0 Å². The van der Waals surface area contributed by atoms with Gasteiger partial charge in [-0.1, -0.05) is 6.92 Å². The van der Waals surface area contributed by atoms with E-state index in [9.17, 15) is 9.59 Å². The molecule has 0 aromatic carbocycles. The van der Waals surface area contributed by atoms with Gasteiger partial charge in [0.1, 0.15) is 0 Å². The SMILES string of the molecule is CCCNC(=O)CCCC(=O)NC1CCCNC1. The molecule has 0 aromatic rings. The Balaban J connectivity index is 2.04.